The number of hydrogen-bond acceptors (Lipinski definition) is 5. The summed E-state index contributed by atoms with van der Waals surface area (Å²) >= 11 is 7.53. The fourth-order valence-corrected chi connectivity index (χ4v) is 1.40. The molecule has 2 atom stereocenters. The molecule has 0 aliphatic heterocycles. The molecule has 0 amide bonds. The van der Waals surface area contributed by atoms with Crippen LogP contribution in [0.25, 0.3) is 0 Å². The first-order valence-corrected chi connectivity index (χ1v) is 6.63. The van der Waals surface area contributed by atoms with E-state index in [0.717, 1.165) is 0 Å². The second-order valence-electron chi connectivity index (χ2n) is 3.12. The van der Waals surface area contributed by atoms with Gasteiger partial charge in [0.05, 0.1) is 12.2 Å². The lowest BCUT2D eigenvalue weighted by Crippen LogP contribution is -2.28. The van der Waals surface area contributed by atoms with Crippen LogP contribution >= 0.6 is 25.3 Å². The number of rotatable bonds is 6. The molecule has 0 bridgehead atoms. The van der Waals surface area contributed by atoms with E-state index in [9.17, 15) is 0 Å². The summed E-state index contributed by atoms with van der Waals surface area (Å²) in [5.74, 6) is 0.559. The van der Waals surface area contributed by atoms with Crippen molar-refractivity contribution >= 4 is 25.3 Å². The number of aliphatic hydroxyl groups excluding tert-OH is 2. The van der Waals surface area contributed by atoms with Gasteiger partial charge in [0.25, 0.3) is 0 Å². The third-order valence-corrected chi connectivity index (χ3v) is 2.91. The number of nitrogens with zero attached hydrogens (tertiary/aromatic N) is 1. The smallest absolute Gasteiger partial charge is 0.0894 e. The van der Waals surface area contributed by atoms with Gasteiger partial charge in [-0.1, -0.05) is 20.8 Å². The molecule has 0 aliphatic carbocycles. The zero-order chi connectivity index (χ0) is 12.3. The van der Waals surface area contributed by atoms with Gasteiger partial charge < -0.3 is 15.1 Å². The Hall–Kier alpha value is 0.580. The average molecular weight is 255 g/mol. The molecule has 0 fully saturated rings. The minimum Gasteiger partial charge on any atom is -0.390 e. The summed E-state index contributed by atoms with van der Waals surface area (Å²) in [7, 11) is 0. The molecule has 0 spiro atoms. The van der Waals surface area contributed by atoms with Crippen LogP contribution in [0.4, 0.5) is 0 Å². The summed E-state index contributed by atoms with van der Waals surface area (Å²) in [4.78, 5) is 2.38. The van der Waals surface area contributed by atoms with Gasteiger partial charge in [0.1, 0.15) is 0 Å². The highest BCUT2D eigenvalue weighted by Crippen LogP contribution is 1.96. The van der Waals surface area contributed by atoms with Crippen molar-refractivity contribution in [3.05, 3.63) is 0 Å². The number of aliphatic hydroxyl groups is 2. The average Bonchev–Trinajstić information content (AvgIpc) is 2.30. The van der Waals surface area contributed by atoms with Gasteiger partial charge in [0.2, 0.25) is 0 Å². The second-order valence-corrected chi connectivity index (χ2v) is 3.85. The molecule has 0 aromatic heterocycles. The Morgan fingerprint density at radius 2 is 1.13 bits per heavy atom. The topological polar surface area (TPSA) is 43.7 Å². The van der Waals surface area contributed by atoms with E-state index in [1.807, 2.05) is 0 Å². The van der Waals surface area contributed by atoms with Crippen LogP contribution in [-0.2, 0) is 0 Å². The van der Waals surface area contributed by atoms with Crippen LogP contribution in [0.2, 0.25) is 0 Å². The van der Waals surface area contributed by atoms with Crippen molar-refractivity contribution in [3.8, 4) is 0 Å². The third-order valence-electron chi connectivity index (χ3n) is 2.16. The number of thiol groups is 2. The minimum atomic E-state index is -0.740. The lowest BCUT2D eigenvalue weighted by atomic mass is 10.3. The maximum Gasteiger partial charge on any atom is 0.0894 e. The molecular weight excluding hydrogens is 230 g/mol. The Balaban J connectivity index is 0. The van der Waals surface area contributed by atoms with Crippen molar-refractivity contribution in [2.45, 2.75) is 33.0 Å². The van der Waals surface area contributed by atoms with E-state index in [2.05, 4.69) is 50.9 Å². The standard InChI is InChI=1S/C6H15N.C4H10O2S2/c1-4-7(5-2)6-3;5-3(1-7)4(6)2-8/h4-6H2,1-3H3;3-8H,1-2H2/t;3-,4+. The van der Waals surface area contributed by atoms with E-state index in [1.54, 1.807) is 0 Å². The monoisotopic (exact) mass is 255 g/mol. The first-order chi connectivity index (χ1) is 7.06. The van der Waals surface area contributed by atoms with Crippen LogP contribution in [0, 0.1) is 0 Å². The third kappa shape index (κ3) is 10.9. The molecule has 2 N–H and O–H groups in total. The molecule has 0 saturated heterocycles. The van der Waals surface area contributed by atoms with Gasteiger partial charge in [-0.05, 0) is 19.6 Å². The van der Waals surface area contributed by atoms with Gasteiger partial charge in [0.15, 0.2) is 0 Å². The SMILES string of the molecule is CCN(CC)CC.O[C@H](CS)[C@@H](O)CS. The Morgan fingerprint density at radius 3 is 1.20 bits per heavy atom. The van der Waals surface area contributed by atoms with Crippen LogP contribution < -0.4 is 0 Å². The Morgan fingerprint density at radius 1 is 0.867 bits per heavy atom. The molecule has 0 heterocycles. The molecule has 15 heavy (non-hydrogen) atoms. The maximum absolute atomic E-state index is 8.75. The van der Waals surface area contributed by atoms with Crippen LogP contribution in [0.1, 0.15) is 20.8 Å². The van der Waals surface area contributed by atoms with Crippen molar-refractivity contribution in [3.63, 3.8) is 0 Å². The van der Waals surface area contributed by atoms with Gasteiger partial charge in [-0.25, -0.2) is 0 Å². The molecule has 5 heteroatoms. The predicted molar refractivity (Wildman–Crippen MR) is 73.2 cm³/mol. The van der Waals surface area contributed by atoms with E-state index < -0.39 is 12.2 Å². The van der Waals surface area contributed by atoms with Gasteiger partial charge in [-0.2, -0.15) is 25.3 Å². The highest BCUT2D eigenvalue weighted by molar-refractivity contribution is 7.80. The van der Waals surface area contributed by atoms with Crippen molar-refractivity contribution in [2.75, 3.05) is 31.1 Å². The molecule has 0 aromatic rings. The quantitative estimate of drug-likeness (QED) is 0.534. The Bertz CT molecular complexity index is 110. The Kier molecular flexibility index (Phi) is 15.1. The largest absolute Gasteiger partial charge is 0.390 e. The summed E-state index contributed by atoms with van der Waals surface area (Å²) in [6.07, 6.45) is -1.48. The van der Waals surface area contributed by atoms with Crippen LogP contribution in [-0.4, -0.2) is 58.5 Å². The van der Waals surface area contributed by atoms with Crippen molar-refractivity contribution in [1.82, 2.24) is 4.90 Å². The fraction of sp³-hybridized carbons (Fsp3) is 1.00. The van der Waals surface area contributed by atoms with Crippen molar-refractivity contribution < 1.29 is 10.2 Å². The van der Waals surface area contributed by atoms with Crippen molar-refractivity contribution in [2.24, 2.45) is 0 Å². The molecule has 0 radical (unpaired) electrons. The second kappa shape index (κ2) is 12.6. The lowest BCUT2D eigenvalue weighted by molar-refractivity contribution is 0.0504. The van der Waals surface area contributed by atoms with Crippen LogP contribution in [0.5, 0.6) is 0 Å². The first kappa shape index (κ1) is 18.0. The number of hydrogen-bond donors (Lipinski definition) is 4. The van der Waals surface area contributed by atoms with E-state index >= 15 is 0 Å². The predicted octanol–water partition coefficient (Wildman–Crippen LogP) is 0.916. The van der Waals surface area contributed by atoms with Gasteiger partial charge >= 0.3 is 0 Å². The highest BCUT2D eigenvalue weighted by Gasteiger charge is 2.10. The van der Waals surface area contributed by atoms with Gasteiger partial charge in [-0.3, -0.25) is 0 Å². The molecule has 3 nitrogen and oxygen atoms in total. The summed E-state index contributed by atoms with van der Waals surface area (Å²) in [6, 6.07) is 0. The molecule has 94 valence electrons. The maximum atomic E-state index is 8.75. The molecule has 0 saturated carbocycles. The first-order valence-electron chi connectivity index (χ1n) is 5.37. The molecule has 0 unspecified atom stereocenters. The summed E-state index contributed by atoms with van der Waals surface area (Å²) in [5.41, 5.74) is 0. The van der Waals surface area contributed by atoms with E-state index in [1.165, 1.54) is 19.6 Å². The van der Waals surface area contributed by atoms with Crippen LogP contribution in [0.3, 0.4) is 0 Å². The molecule has 0 aliphatic rings. The van der Waals surface area contributed by atoms with Crippen molar-refractivity contribution in [1.29, 1.82) is 0 Å². The summed E-state index contributed by atoms with van der Waals surface area (Å²) in [5, 5.41) is 17.5. The molecule has 0 aromatic carbocycles. The van der Waals surface area contributed by atoms with Crippen LogP contribution in [0.15, 0.2) is 0 Å². The zero-order valence-electron chi connectivity index (χ0n) is 9.93. The fourth-order valence-electron chi connectivity index (χ4n) is 0.914. The molecular formula is C10H25NO2S2. The van der Waals surface area contributed by atoms with E-state index in [4.69, 9.17) is 10.2 Å². The van der Waals surface area contributed by atoms with Gasteiger partial charge in [-0.15, -0.1) is 0 Å². The lowest BCUT2D eigenvalue weighted by Gasteiger charge is -2.13. The highest BCUT2D eigenvalue weighted by atomic mass is 32.1. The molecule has 0 rings (SSSR count). The van der Waals surface area contributed by atoms with E-state index in [0.29, 0.717) is 0 Å². The zero-order valence-corrected chi connectivity index (χ0v) is 11.7. The van der Waals surface area contributed by atoms with Gasteiger partial charge in [0, 0.05) is 11.5 Å². The normalized spacial score (nSPS) is 14.4. The summed E-state index contributed by atoms with van der Waals surface area (Å²) in [6.45, 7) is 10.1. The minimum absolute atomic E-state index is 0.279. The van der Waals surface area contributed by atoms with E-state index in [-0.39, 0.29) is 11.5 Å². The Labute approximate surface area is 105 Å². The summed E-state index contributed by atoms with van der Waals surface area (Å²) < 4.78 is 0.